The molecule has 2 atom stereocenters. The van der Waals surface area contributed by atoms with Crippen molar-refractivity contribution >= 4 is 5.69 Å². The monoisotopic (exact) mass is 350 g/mol. The van der Waals surface area contributed by atoms with Crippen LogP contribution in [0.15, 0.2) is 36.4 Å². The van der Waals surface area contributed by atoms with Crippen LogP contribution in [0, 0.1) is 0 Å². The quantitative estimate of drug-likeness (QED) is 0.913. The second-order valence-electron chi connectivity index (χ2n) is 7.36. The number of hydrogen-bond donors (Lipinski definition) is 1. The van der Waals surface area contributed by atoms with E-state index in [1.54, 1.807) is 0 Å². The van der Waals surface area contributed by atoms with E-state index < -0.39 is 0 Å². The number of nitrogens with one attached hydrogen (secondary N) is 1. The maximum absolute atomic E-state index is 6.14. The molecular weight excluding hydrogens is 324 g/mol. The molecule has 0 aliphatic carbocycles. The number of hydrogen-bond acceptors (Lipinski definition) is 4. The van der Waals surface area contributed by atoms with E-state index in [2.05, 4.69) is 46.6 Å². The summed E-state index contributed by atoms with van der Waals surface area (Å²) < 4.78 is 12.1. The summed E-state index contributed by atoms with van der Waals surface area (Å²) in [5.74, 6) is 2.62. The highest BCUT2D eigenvalue weighted by Crippen LogP contribution is 2.54. The summed E-state index contributed by atoms with van der Waals surface area (Å²) in [5, 5.41) is 3.60. The second-order valence-corrected chi connectivity index (χ2v) is 7.36. The first-order valence-corrected chi connectivity index (χ1v) is 9.87. The van der Waals surface area contributed by atoms with Crippen LogP contribution in [0.3, 0.4) is 0 Å². The molecule has 3 heterocycles. The van der Waals surface area contributed by atoms with Gasteiger partial charge in [-0.3, -0.25) is 0 Å². The molecule has 0 amide bonds. The Labute approximate surface area is 155 Å². The van der Waals surface area contributed by atoms with Crippen LogP contribution < -0.4 is 19.7 Å². The van der Waals surface area contributed by atoms with Gasteiger partial charge in [0.2, 0.25) is 0 Å². The zero-order valence-corrected chi connectivity index (χ0v) is 15.3. The number of para-hydroxylation sites is 1. The number of benzene rings is 2. The number of ether oxygens (including phenoxy) is 2. The van der Waals surface area contributed by atoms with Gasteiger partial charge in [-0.2, -0.15) is 0 Å². The van der Waals surface area contributed by atoms with E-state index in [0.717, 1.165) is 44.2 Å². The highest BCUT2D eigenvalue weighted by molar-refractivity contribution is 5.88. The third kappa shape index (κ3) is 2.39. The lowest BCUT2D eigenvalue weighted by Gasteiger charge is -2.36. The Morgan fingerprint density at radius 1 is 1.19 bits per heavy atom. The molecule has 4 heteroatoms. The summed E-state index contributed by atoms with van der Waals surface area (Å²) in [7, 11) is 0. The normalized spacial score (nSPS) is 23.7. The van der Waals surface area contributed by atoms with Gasteiger partial charge in [0.25, 0.3) is 0 Å². The number of nitrogens with zero attached hydrogens (tertiary/aromatic N) is 1. The van der Waals surface area contributed by atoms with Gasteiger partial charge in [0, 0.05) is 48.3 Å². The largest absolute Gasteiger partial charge is 0.493 e. The molecule has 0 radical (unpaired) electrons. The molecule has 1 N–H and O–H groups in total. The van der Waals surface area contributed by atoms with Crippen LogP contribution in [0.1, 0.15) is 31.2 Å². The summed E-state index contributed by atoms with van der Waals surface area (Å²) in [6, 6.07) is 13.4. The van der Waals surface area contributed by atoms with Crippen LogP contribution in [0.2, 0.25) is 0 Å². The van der Waals surface area contributed by atoms with Gasteiger partial charge in [0.05, 0.1) is 18.9 Å². The number of rotatable bonds is 3. The maximum atomic E-state index is 6.14. The lowest BCUT2D eigenvalue weighted by atomic mass is 9.88. The Balaban J connectivity index is 1.72. The van der Waals surface area contributed by atoms with E-state index in [4.69, 9.17) is 9.47 Å². The fourth-order valence-electron chi connectivity index (χ4n) is 4.95. The van der Waals surface area contributed by atoms with Gasteiger partial charge >= 0.3 is 0 Å². The summed E-state index contributed by atoms with van der Waals surface area (Å²) >= 11 is 0. The van der Waals surface area contributed by atoms with Crippen LogP contribution >= 0.6 is 0 Å². The van der Waals surface area contributed by atoms with Crippen LogP contribution in [-0.4, -0.2) is 38.9 Å². The Bertz CT molecular complexity index is 820. The van der Waals surface area contributed by atoms with Crippen LogP contribution in [0.5, 0.6) is 11.5 Å². The van der Waals surface area contributed by atoms with Crippen molar-refractivity contribution in [1.82, 2.24) is 5.32 Å². The van der Waals surface area contributed by atoms with Crippen LogP contribution in [0.25, 0.3) is 11.1 Å². The molecule has 2 unspecified atom stereocenters. The Morgan fingerprint density at radius 2 is 2.12 bits per heavy atom. The van der Waals surface area contributed by atoms with E-state index >= 15 is 0 Å². The minimum atomic E-state index is 0.541. The predicted octanol–water partition coefficient (Wildman–Crippen LogP) is 3.80. The maximum Gasteiger partial charge on any atom is 0.127 e. The van der Waals surface area contributed by atoms with E-state index in [0.29, 0.717) is 18.6 Å². The van der Waals surface area contributed by atoms with E-state index in [1.807, 2.05) is 6.92 Å². The molecule has 4 nitrogen and oxygen atoms in total. The molecule has 26 heavy (non-hydrogen) atoms. The van der Waals surface area contributed by atoms with Crippen molar-refractivity contribution in [3.63, 3.8) is 0 Å². The zero-order valence-electron chi connectivity index (χ0n) is 15.3. The molecule has 5 rings (SSSR count). The SMILES string of the molecule is CCOc1ccccc1-c1ccc2c3c1N1CCNCC1C3CCCO2. The molecule has 3 aliphatic heterocycles. The lowest BCUT2D eigenvalue weighted by molar-refractivity contribution is 0.313. The average molecular weight is 350 g/mol. The van der Waals surface area contributed by atoms with E-state index in [-0.39, 0.29) is 0 Å². The lowest BCUT2D eigenvalue weighted by Crippen LogP contribution is -2.50. The zero-order chi connectivity index (χ0) is 17.5. The van der Waals surface area contributed by atoms with Gasteiger partial charge in [0.1, 0.15) is 11.5 Å². The first-order chi connectivity index (χ1) is 12.9. The molecule has 0 aromatic heterocycles. The standard InChI is InChI=1S/C22H26N2O2/c1-2-25-19-8-4-3-6-15(19)16-9-10-20-21-17(7-5-13-26-20)18-14-23-11-12-24(18)22(16)21/h3-4,6,8-10,17-18,23H,2,5,7,11-14H2,1H3. The summed E-state index contributed by atoms with van der Waals surface area (Å²) in [4.78, 5) is 2.63. The molecule has 1 fully saturated rings. The fraction of sp³-hybridized carbons (Fsp3) is 0.455. The number of piperazine rings is 1. The molecule has 0 spiro atoms. The molecule has 1 saturated heterocycles. The van der Waals surface area contributed by atoms with Crippen molar-refractivity contribution in [3.05, 3.63) is 42.0 Å². The van der Waals surface area contributed by atoms with Gasteiger partial charge in [-0.25, -0.2) is 0 Å². The topological polar surface area (TPSA) is 33.7 Å². The second kappa shape index (κ2) is 6.51. The first kappa shape index (κ1) is 16.0. The molecule has 2 aromatic carbocycles. The van der Waals surface area contributed by atoms with Crippen molar-refractivity contribution in [3.8, 4) is 22.6 Å². The molecule has 0 saturated carbocycles. The summed E-state index contributed by atoms with van der Waals surface area (Å²) in [5.41, 5.74) is 5.29. The molecule has 136 valence electrons. The molecular formula is C22H26N2O2. The van der Waals surface area contributed by atoms with Crippen molar-refractivity contribution in [2.24, 2.45) is 0 Å². The summed E-state index contributed by atoms with van der Waals surface area (Å²) in [6.07, 6.45) is 2.34. The van der Waals surface area contributed by atoms with Crippen molar-refractivity contribution < 1.29 is 9.47 Å². The van der Waals surface area contributed by atoms with Crippen LogP contribution in [-0.2, 0) is 0 Å². The van der Waals surface area contributed by atoms with Gasteiger partial charge in [-0.15, -0.1) is 0 Å². The number of fused-ring (bicyclic) bond motifs is 3. The van der Waals surface area contributed by atoms with Crippen molar-refractivity contribution in [2.45, 2.75) is 31.7 Å². The minimum absolute atomic E-state index is 0.541. The molecule has 2 aromatic rings. The fourth-order valence-corrected chi connectivity index (χ4v) is 4.95. The minimum Gasteiger partial charge on any atom is -0.493 e. The first-order valence-electron chi connectivity index (χ1n) is 9.87. The van der Waals surface area contributed by atoms with Crippen molar-refractivity contribution in [2.75, 3.05) is 37.7 Å². The third-order valence-corrected chi connectivity index (χ3v) is 5.98. The van der Waals surface area contributed by atoms with Crippen molar-refractivity contribution in [1.29, 1.82) is 0 Å². The summed E-state index contributed by atoms with van der Waals surface area (Å²) in [6.45, 7) is 6.72. The Kier molecular flexibility index (Phi) is 4.01. The van der Waals surface area contributed by atoms with Gasteiger partial charge in [-0.1, -0.05) is 18.2 Å². The Morgan fingerprint density at radius 3 is 3.04 bits per heavy atom. The smallest absolute Gasteiger partial charge is 0.127 e. The highest BCUT2D eigenvalue weighted by Gasteiger charge is 2.43. The van der Waals surface area contributed by atoms with Crippen LogP contribution in [0.4, 0.5) is 5.69 Å². The third-order valence-electron chi connectivity index (χ3n) is 5.98. The van der Waals surface area contributed by atoms with E-state index in [9.17, 15) is 0 Å². The number of anilines is 1. The predicted molar refractivity (Wildman–Crippen MR) is 105 cm³/mol. The average Bonchev–Trinajstić information content (AvgIpc) is 2.86. The van der Waals surface area contributed by atoms with Gasteiger partial charge < -0.3 is 19.7 Å². The van der Waals surface area contributed by atoms with E-state index in [1.165, 1.54) is 28.8 Å². The Hall–Kier alpha value is -2.20. The van der Waals surface area contributed by atoms with Gasteiger partial charge in [0.15, 0.2) is 0 Å². The molecule has 3 aliphatic rings. The van der Waals surface area contributed by atoms with Gasteiger partial charge in [-0.05, 0) is 38.0 Å². The highest BCUT2D eigenvalue weighted by atomic mass is 16.5. The molecule has 0 bridgehead atoms.